The second-order valence-corrected chi connectivity index (χ2v) is 12.8. The van der Waals surface area contributed by atoms with Gasteiger partial charge in [0.15, 0.2) is 39.6 Å². The molecule has 0 radical (unpaired) electrons. The van der Waals surface area contributed by atoms with Crippen LogP contribution in [0.2, 0.25) is 0 Å². The summed E-state index contributed by atoms with van der Waals surface area (Å²) in [6.45, 7) is 7.88. The van der Waals surface area contributed by atoms with E-state index in [9.17, 15) is 13.6 Å². The van der Waals surface area contributed by atoms with Crippen molar-refractivity contribution in [3.05, 3.63) is 35.4 Å². The smallest absolute Gasteiger partial charge is 0.315 e. The zero-order chi connectivity index (χ0) is 28.7. The Morgan fingerprint density at radius 1 is 1.22 bits per heavy atom. The molecule has 1 aliphatic heterocycles. The van der Waals surface area contributed by atoms with Crippen molar-refractivity contribution >= 4 is 34.7 Å². The van der Waals surface area contributed by atoms with E-state index in [1.807, 2.05) is 13.8 Å². The predicted octanol–water partition coefficient (Wildman–Crippen LogP) is 4.61. The van der Waals surface area contributed by atoms with Crippen molar-refractivity contribution in [1.29, 1.82) is 0 Å². The van der Waals surface area contributed by atoms with Crippen LogP contribution in [0, 0.1) is 23.0 Å². The van der Waals surface area contributed by atoms with E-state index >= 15 is 0 Å². The molecule has 41 heavy (non-hydrogen) atoms. The van der Waals surface area contributed by atoms with Gasteiger partial charge in [0.25, 0.3) is 0 Å². The lowest BCUT2D eigenvalue weighted by Gasteiger charge is -2.23. The Morgan fingerprint density at radius 2 is 2.05 bits per heavy atom. The fraction of sp³-hybridized carbons (Fsp3) is 0.607. The largest absolute Gasteiger partial charge is 0.465 e. The number of aromatic nitrogens is 5. The first-order valence-corrected chi connectivity index (χ1v) is 15.2. The van der Waals surface area contributed by atoms with Crippen LogP contribution in [0.1, 0.15) is 64.5 Å². The van der Waals surface area contributed by atoms with E-state index in [4.69, 9.17) is 24.2 Å². The standard InChI is InChI=1S/C28H32F2N6O4S/c1-5-9-41-26-32-23(31-18-11-14(18)13-7-8-16(29)17(30)10-13)19-24(33-26)36(35-34-19)20-15-12-28(15,25(37)38-6-2)22-21(20)39-27(3,4)40-22/h7-8,10,14-15,18,20-22H,5-6,9,11-12H2,1-4H3,(H,31,32,33)/t14-,15+,18+,20+,21-,22-,28+/m0/s1. The molecule has 0 bridgehead atoms. The van der Waals surface area contributed by atoms with Gasteiger partial charge in [-0.25, -0.2) is 23.4 Å². The van der Waals surface area contributed by atoms with Gasteiger partial charge in [0.2, 0.25) is 0 Å². The van der Waals surface area contributed by atoms with Crippen LogP contribution >= 0.6 is 11.8 Å². The molecule has 2 aromatic heterocycles. The molecule has 1 aromatic carbocycles. The fourth-order valence-electron chi connectivity index (χ4n) is 6.66. The normalized spacial score (nSPS) is 32.5. The number of carbonyl (C=O) groups excluding carboxylic acids is 1. The van der Waals surface area contributed by atoms with Gasteiger partial charge in [0.1, 0.15) is 17.6 Å². The summed E-state index contributed by atoms with van der Waals surface area (Å²) in [4.78, 5) is 22.8. The van der Waals surface area contributed by atoms with Crippen molar-refractivity contribution in [1.82, 2.24) is 25.0 Å². The van der Waals surface area contributed by atoms with Crippen molar-refractivity contribution < 1.29 is 27.8 Å². The molecule has 0 spiro atoms. The summed E-state index contributed by atoms with van der Waals surface area (Å²) in [5, 5.41) is 13.1. The minimum Gasteiger partial charge on any atom is -0.465 e. The number of hydrogen-bond donors (Lipinski definition) is 1. The molecule has 13 heteroatoms. The molecule has 10 nitrogen and oxygen atoms in total. The molecule has 1 saturated heterocycles. The molecule has 4 fully saturated rings. The Kier molecular flexibility index (Phi) is 6.29. The maximum atomic E-state index is 13.9. The Balaban J connectivity index is 1.24. The molecule has 4 aliphatic rings. The van der Waals surface area contributed by atoms with Crippen LogP contribution in [0.15, 0.2) is 23.4 Å². The summed E-state index contributed by atoms with van der Waals surface area (Å²) in [6.07, 6.45) is 1.44. The number of fused-ring (bicyclic) bond motifs is 4. The van der Waals surface area contributed by atoms with Crippen LogP contribution in [-0.4, -0.2) is 67.3 Å². The van der Waals surface area contributed by atoms with Crippen molar-refractivity contribution in [2.75, 3.05) is 17.7 Å². The minimum absolute atomic E-state index is 0.0183. The van der Waals surface area contributed by atoms with Gasteiger partial charge < -0.3 is 19.5 Å². The Bertz CT molecular complexity index is 1540. The van der Waals surface area contributed by atoms with E-state index < -0.39 is 35.0 Å². The molecule has 0 amide bonds. The maximum absolute atomic E-state index is 13.9. The van der Waals surface area contributed by atoms with Crippen LogP contribution in [0.3, 0.4) is 0 Å². The molecular weight excluding hydrogens is 554 g/mol. The SMILES string of the molecule is CCCSc1nc(N[C@@H]2C[C@H]2c2ccc(F)c(F)c2)c2nnn([C@H]3[C@@H]4OC(C)(C)O[C@@H]4[C@@]4(C(=O)OCC)C[C@H]34)c2n1. The van der Waals surface area contributed by atoms with Crippen LogP contribution in [-0.2, 0) is 19.0 Å². The highest BCUT2D eigenvalue weighted by molar-refractivity contribution is 7.99. The second kappa shape index (κ2) is 9.56. The van der Waals surface area contributed by atoms with E-state index in [0.29, 0.717) is 35.2 Å². The molecule has 0 unspecified atom stereocenters. The topological polar surface area (TPSA) is 113 Å². The number of rotatable bonds is 9. The summed E-state index contributed by atoms with van der Waals surface area (Å²) in [6, 6.07) is 3.69. The first kappa shape index (κ1) is 27.0. The number of ether oxygens (including phenoxy) is 3. The summed E-state index contributed by atoms with van der Waals surface area (Å²) in [5.41, 5.74) is 1.01. The molecular formula is C28H32F2N6O4S. The van der Waals surface area contributed by atoms with Crippen LogP contribution in [0.25, 0.3) is 11.2 Å². The van der Waals surface area contributed by atoms with Crippen LogP contribution < -0.4 is 5.32 Å². The quantitative estimate of drug-likeness (QED) is 0.217. The molecule has 218 valence electrons. The highest BCUT2D eigenvalue weighted by atomic mass is 32.2. The average molecular weight is 587 g/mol. The zero-order valence-electron chi connectivity index (χ0n) is 23.3. The van der Waals surface area contributed by atoms with Crippen molar-refractivity contribution in [3.8, 4) is 0 Å². The first-order valence-electron chi connectivity index (χ1n) is 14.2. The molecule has 7 atom stereocenters. The van der Waals surface area contributed by atoms with Gasteiger partial charge in [-0.05, 0) is 57.7 Å². The van der Waals surface area contributed by atoms with Gasteiger partial charge in [0, 0.05) is 23.6 Å². The third-order valence-electron chi connectivity index (χ3n) is 8.61. The summed E-state index contributed by atoms with van der Waals surface area (Å²) in [7, 11) is 0. The van der Waals surface area contributed by atoms with E-state index in [2.05, 4.69) is 22.6 Å². The molecule has 1 N–H and O–H groups in total. The van der Waals surface area contributed by atoms with Gasteiger partial charge in [-0.2, -0.15) is 0 Å². The zero-order valence-corrected chi connectivity index (χ0v) is 24.1. The molecule has 3 heterocycles. The number of anilines is 1. The van der Waals surface area contributed by atoms with E-state index in [0.717, 1.165) is 30.2 Å². The number of thioether (sulfide) groups is 1. The molecule has 3 aliphatic carbocycles. The lowest BCUT2D eigenvalue weighted by atomic mass is 9.99. The van der Waals surface area contributed by atoms with Crippen molar-refractivity contribution in [3.63, 3.8) is 0 Å². The Hall–Kier alpha value is -2.90. The number of nitrogens with one attached hydrogen (secondary N) is 1. The number of nitrogens with zero attached hydrogens (tertiary/aromatic N) is 5. The summed E-state index contributed by atoms with van der Waals surface area (Å²) in [5.74, 6) is -1.52. The molecule has 3 saturated carbocycles. The number of hydrogen-bond acceptors (Lipinski definition) is 10. The van der Waals surface area contributed by atoms with E-state index in [1.165, 1.54) is 6.07 Å². The third kappa shape index (κ3) is 4.30. The molecule has 7 rings (SSSR count). The number of carbonyl (C=O) groups is 1. The summed E-state index contributed by atoms with van der Waals surface area (Å²) < 4.78 is 47.2. The van der Waals surface area contributed by atoms with Crippen LogP contribution in [0.5, 0.6) is 0 Å². The minimum atomic E-state index is -0.859. The average Bonchev–Trinajstić information content (AvgIpc) is 3.76. The van der Waals surface area contributed by atoms with Gasteiger partial charge in [-0.1, -0.05) is 30.0 Å². The first-order chi connectivity index (χ1) is 19.7. The Labute approximate surface area is 239 Å². The van der Waals surface area contributed by atoms with Crippen molar-refractivity contribution in [2.24, 2.45) is 11.3 Å². The number of esters is 1. The lowest BCUT2D eigenvalue weighted by Crippen LogP contribution is -2.36. The number of halogens is 2. The van der Waals surface area contributed by atoms with Gasteiger partial charge >= 0.3 is 5.97 Å². The molecule has 3 aromatic rings. The van der Waals surface area contributed by atoms with Crippen LogP contribution in [0.4, 0.5) is 14.6 Å². The van der Waals surface area contributed by atoms with Gasteiger partial charge in [0.05, 0.1) is 12.6 Å². The maximum Gasteiger partial charge on any atom is 0.315 e. The predicted molar refractivity (Wildman–Crippen MR) is 145 cm³/mol. The van der Waals surface area contributed by atoms with Crippen molar-refractivity contribution in [2.45, 2.75) is 88.1 Å². The monoisotopic (exact) mass is 586 g/mol. The third-order valence-corrected chi connectivity index (χ3v) is 9.66. The van der Waals surface area contributed by atoms with E-state index in [-0.39, 0.29) is 29.9 Å². The second-order valence-electron chi connectivity index (χ2n) is 11.8. The summed E-state index contributed by atoms with van der Waals surface area (Å²) >= 11 is 1.54. The highest BCUT2D eigenvalue weighted by Crippen LogP contribution is 2.72. The number of benzene rings is 1. The van der Waals surface area contributed by atoms with Gasteiger partial charge in [-0.15, -0.1) is 5.10 Å². The lowest BCUT2D eigenvalue weighted by molar-refractivity contribution is -0.173. The fourth-order valence-corrected chi connectivity index (χ4v) is 7.35. The Morgan fingerprint density at radius 3 is 2.80 bits per heavy atom. The van der Waals surface area contributed by atoms with Gasteiger partial charge in [-0.3, -0.25) is 4.79 Å². The van der Waals surface area contributed by atoms with E-state index in [1.54, 1.807) is 29.4 Å². The highest BCUT2D eigenvalue weighted by Gasteiger charge is 2.80.